The first-order valence-electron chi connectivity index (χ1n) is 7.13. The lowest BCUT2D eigenvalue weighted by Gasteiger charge is -2.31. The smallest absolute Gasteiger partial charge is 0.387 e. The van der Waals surface area contributed by atoms with Crippen LogP contribution < -0.4 is 10.1 Å². The zero-order valence-electron chi connectivity index (χ0n) is 12.4. The Bertz CT molecular complexity index is 428. The Hall–Kier alpha value is -1.24. The van der Waals surface area contributed by atoms with Crippen LogP contribution in [-0.4, -0.2) is 50.9 Å². The minimum atomic E-state index is -2.79. The van der Waals surface area contributed by atoms with Crippen molar-refractivity contribution in [2.45, 2.75) is 25.7 Å². The maximum Gasteiger partial charge on any atom is 0.387 e. The zero-order valence-corrected chi connectivity index (χ0v) is 12.4. The second-order valence-electron chi connectivity index (χ2n) is 5.33. The van der Waals surface area contributed by atoms with Gasteiger partial charge in [0.05, 0.1) is 12.7 Å². The molecule has 1 N–H and O–H groups in total. The van der Waals surface area contributed by atoms with E-state index in [9.17, 15) is 8.78 Å². The predicted molar refractivity (Wildman–Crippen MR) is 76.7 cm³/mol. The summed E-state index contributed by atoms with van der Waals surface area (Å²) in [5.41, 5.74) is 1.03. The van der Waals surface area contributed by atoms with Crippen molar-refractivity contribution >= 4 is 0 Å². The number of morpholine rings is 1. The van der Waals surface area contributed by atoms with E-state index >= 15 is 0 Å². The number of nitrogens with zero attached hydrogens (tertiary/aromatic N) is 1. The third-order valence-electron chi connectivity index (χ3n) is 3.60. The van der Waals surface area contributed by atoms with Crippen LogP contribution in [-0.2, 0) is 4.74 Å². The van der Waals surface area contributed by atoms with Crippen LogP contribution in [0.15, 0.2) is 24.3 Å². The molecule has 1 fully saturated rings. The summed E-state index contributed by atoms with van der Waals surface area (Å²) in [4.78, 5) is 2.25. The predicted octanol–water partition coefficient (Wildman–Crippen LogP) is 2.27. The fourth-order valence-electron chi connectivity index (χ4n) is 2.35. The molecule has 2 rings (SSSR count). The minimum absolute atomic E-state index is 0.126. The summed E-state index contributed by atoms with van der Waals surface area (Å²) >= 11 is 0. The van der Waals surface area contributed by atoms with Crippen molar-refractivity contribution in [2.24, 2.45) is 0 Å². The molecule has 1 aromatic carbocycles. The normalized spacial score (nSPS) is 21.5. The summed E-state index contributed by atoms with van der Waals surface area (Å²) in [7, 11) is 2.08. The Labute approximate surface area is 124 Å². The fourth-order valence-corrected chi connectivity index (χ4v) is 2.35. The molecule has 1 aliphatic rings. The molecular weight excluding hydrogens is 278 g/mol. The molecule has 1 heterocycles. The molecule has 0 bridgehead atoms. The van der Waals surface area contributed by atoms with Gasteiger partial charge >= 0.3 is 6.61 Å². The summed E-state index contributed by atoms with van der Waals surface area (Å²) in [6.07, 6.45) is 0.188. The van der Waals surface area contributed by atoms with Crippen LogP contribution in [0.1, 0.15) is 18.5 Å². The summed E-state index contributed by atoms with van der Waals surface area (Å²) in [6, 6.07) is 6.84. The van der Waals surface area contributed by atoms with E-state index in [1.165, 1.54) is 0 Å². The Morgan fingerprint density at radius 3 is 2.71 bits per heavy atom. The third-order valence-corrected chi connectivity index (χ3v) is 3.60. The first-order valence-corrected chi connectivity index (χ1v) is 7.13. The largest absolute Gasteiger partial charge is 0.435 e. The molecule has 118 valence electrons. The zero-order chi connectivity index (χ0) is 15.2. The van der Waals surface area contributed by atoms with Crippen molar-refractivity contribution in [1.29, 1.82) is 0 Å². The molecule has 1 aromatic rings. The van der Waals surface area contributed by atoms with Crippen LogP contribution >= 0.6 is 0 Å². The van der Waals surface area contributed by atoms with Crippen LogP contribution in [0.25, 0.3) is 0 Å². The molecule has 0 amide bonds. The highest BCUT2D eigenvalue weighted by molar-refractivity contribution is 5.28. The summed E-state index contributed by atoms with van der Waals surface area (Å²) in [5, 5.41) is 3.41. The Morgan fingerprint density at radius 2 is 2.10 bits per heavy atom. The highest BCUT2D eigenvalue weighted by Gasteiger charge is 2.18. The van der Waals surface area contributed by atoms with Crippen molar-refractivity contribution in [2.75, 3.05) is 33.3 Å². The molecule has 6 heteroatoms. The molecule has 0 aliphatic carbocycles. The van der Waals surface area contributed by atoms with Gasteiger partial charge in [0.1, 0.15) is 5.75 Å². The lowest BCUT2D eigenvalue weighted by Crippen LogP contribution is -2.45. The Balaban J connectivity index is 1.81. The molecule has 4 nitrogen and oxygen atoms in total. The minimum Gasteiger partial charge on any atom is -0.435 e. The molecule has 1 aliphatic heterocycles. The van der Waals surface area contributed by atoms with Crippen LogP contribution in [0.2, 0.25) is 0 Å². The SMILES string of the molecule is CC(NCC1CN(C)CCO1)c1ccc(OC(F)F)cc1. The fraction of sp³-hybridized carbons (Fsp3) is 0.600. The van der Waals surface area contributed by atoms with E-state index in [0.717, 1.165) is 31.8 Å². The Kier molecular flexibility index (Phi) is 5.90. The van der Waals surface area contributed by atoms with Crippen molar-refractivity contribution < 1.29 is 18.3 Å². The number of halogens is 2. The Morgan fingerprint density at radius 1 is 1.38 bits per heavy atom. The van der Waals surface area contributed by atoms with Gasteiger partial charge in [0.15, 0.2) is 0 Å². The number of hydrogen-bond donors (Lipinski definition) is 1. The number of likely N-dealkylation sites (N-methyl/N-ethyl adjacent to an activating group) is 1. The lowest BCUT2D eigenvalue weighted by molar-refractivity contribution is -0.0498. The first kappa shape index (κ1) is 16.1. The average Bonchev–Trinajstić information content (AvgIpc) is 2.45. The average molecular weight is 300 g/mol. The van der Waals surface area contributed by atoms with Gasteiger partial charge in [0.25, 0.3) is 0 Å². The van der Waals surface area contributed by atoms with Gasteiger partial charge in [-0.15, -0.1) is 0 Å². The van der Waals surface area contributed by atoms with Gasteiger partial charge in [-0.25, -0.2) is 0 Å². The van der Waals surface area contributed by atoms with E-state index < -0.39 is 6.61 Å². The maximum atomic E-state index is 12.1. The third kappa shape index (κ3) is 5.22. The molecule has 0 saturated carbocycles. The molecule has 0 radical (unpaired) electrons. The van der Waals surface area contributed by atoms with Gasteiger partial charge in [-0.3, -0.25) is 0 Å². The highest BCUT2D eigenvalue weighted by Crippen LogP contribution is 2.19. The first-order chi connectivity index (χ1) is 10.0. The summed E-state index contributed by atoms with van der Waals surface area (Å²) < 4.78 is 34.2. The monoisotopic (exact) mass is 300 g/mol. The van der Waals surface area contributed by atoms with Gasteiger partial charge in [0.2, 0.25) is 0 Å². The highest BCUT2D eigenvalue weighted by atomic mass is 19.3. The second-order valence-corrected chi connectivity index (χ2v) is 5.33. The number of benzene rings is 1. The molecular formula is C15H22F2N2O2. The van der Waals surface area contributed by atoms with E-state index in [1.807, 2.05) is 6.92 Å². The van der Waals surface area contributed by atoms with Crippen molar-refractivity contribution in [1.82, 2.24) is 10.2 Å². The van der Waals surface area contributed by atoms with Crippen LogP contribution in [0.3, 0.4) is 0 Å². The summed E-state index contributed by atoms with van der Waals surface area (Å²) in [6.45, 7) is 2.66. The maximum absolute atomic E-state index is 12.1. The van der Waals surface area contributed by atoms with Gasteiger partial charge in [-0.1, -0.05) is 12.1 Å². The van der Waals surface area contributed by atoms with E-state index in [2.05, 4.69) is 22.0 Å². The number of hydrogen-bond acceptors (Lipinski definition) is 4. The molecule has 0 spiro atoms. The van der Waals surface area contributed by atoms with Gasteiger partial charge < -0.3 is 19.7 Å². The van der Waals surface area contributed by atoms with Gasteiger partial charge in [0, 0.05) is 25.7 Å². The number of ether oxygens (including phenoxy) is 2. The van der Waals surface area contributed by atoms with Crippen LogP contribution in [0, 0.1) is 0 Å². The van der Waals surface area contributed by atoms with E-state index in [0.29, 0.717) is 0 Å². The number of nitrogens with one attached hydrogen (secondary N) is 1. The van der Waals surface area contributed by atoms with Crippen molar-refractivity contribution in [3.05, 3.63) is 29.8 Å². The summed E-state index contributed by atoms with van der Waals surface area (Å²) in [5.74, 6) is 0.179. The van der Waals surface area contributed by atoms with E-state index in [4.69, 9.17) is 4.74 Å². The lowest BCUT2D eigenvalue weighted by atomic mass is 10.1. The molecule has 1 saturated heterocycles. The van der Waals surface area contributed by atoms with Crippen molar-refractivity contribution in [3.63, 3.8) is 0 Å². The van der Waals surface area contributed by atoms with Gasteiger partial charge in [-0.05, 0) is 31.7 Å². The molecule has 0 aromatic heterocycles. The van der Waals surface area contributed by atoms with Crippen molar-refractivity contribution in [3.8, 4) is 5.75 Å². The molecule has 2 unspecified atom stereocenters. The molecule has 2 atom stereocenters. The quantitative estimate of drug-likeness (QED) is 0.874. The number of alkyl halides is 2. The molecule has 21 heavy (non-hydrogen) atoms. The van der Waals surface area contributed by atoms with Gasteiger partial charge in [-0.2, -0.15) is 8.78 Å². The van der Waals surface area contributed by atoms with Crippen LogP contribution in [0.5, 0.6) is 5.75 Å². The van der Waals surface area contributed by atoms with Crippen LogP contribution in [0.4, 0.5) is 8.78 Å². The number of rotatable bonds is 6. The van der Waals surface area contributed by atoms with E-state index in [-0.39, 0.29) is 17.9 Å². The topological polar surface area (TPSA) is 33.7 Å². The second kappa shape index (κ2) is 7.68. The standard InChI is InChI=1S/C15H22F2N2O2/c1-11(18-9-14-10-19(2)7-8-20-14)12-3-5-13(6-4-12)21-15(16)17/h3-6,11,14-15,18H,7-10H2,1-2H3. The van der Waals surface area contributed by atoms with E-state index in [1.54, 1.807) is 24.3 Å².